The van der Waals surface area contributed by atoms with E-state index in [4.69, 9.17) is 0 Å². The summed E-state index contributed by atoms with van der Waals surface area (Å²) < 4.78 is 0. The maximum absolute atomic E-state index is 4.47. The van der Waals surface area contributed by atoms with E-state index < -0.39 is 0 Å². The number of nitrogens with zero attached hydrogens (tertiary/aromatic N) is 3. The van der Waals surface area contributed by atoms with Crippen molar-refractivity contribution in [1.82, 2.24) is 19.9 Å². The Morgan fingerprint density at radius 2 is 2.20 bits per heavy atom. The molecule has 1 aliphatic rings. The first-order valence-corrected chi connectivity index (χ1v) is 5.44. The molecule has 0 radical (unpaired) electrons. The van der Waals surface area contributed by atoms with Crippen LogP contribution in [0.4, 0.5) is 0 Å². The topological polar surface area (TPSA) is 44.8 Å². The van der Waals surface area contributed by atoms with Gasteiger partial charge in [0.1, 0.15) is 5.82 Å². The van der Waals surface area contributed by atoms with E-state index in [1.807, 2.05) is 12.1 Å². The third kappa shape index (κ3) is 1.72. The van der Waals surface area contributed by atoms with Crippen LogP contribution in [0.25, 0.3) is 11.2 Å². The number of hydrogen-bond acceptors (Lipinski definition) is 3. The lowest BCUT2D eigenvalue weighted by atomic mass is 10.4. The Balaban J connectivity index is 1.84. The van der Waals surface area contributed by atoms with Crippen LogP contribution in [-0.2, 0) is 6.54 Å². The third-order valence-corrected chi connectivity index (χ3v) is 2.88. The minimum atomic E-state index is 0.826. The van der Waals surface area contributed by atoms with Crippen LogP contribution in [0.2, 0.25) is 0 Å². The fraction of sp³-hybridized carbons (Fsp3) is 0.455. The molecule has 0 aromatic carbocycles. The van der Waals surface area contributed by atoms with Crippen LogP contribution in [0.1, 0.15) is 18.7 Å². The first-order valence-electron chi connectivity index (χ1n) is 5.44. The molecule has 3 heterocycles. The summed E-state index contributed by atoms with van der Waals surface area (Å²) in [7, 11) is 0. The lowest BCUT2D eigenvalue weighted by Gasteiger charge is -2.11. The molecule has 0 atom stereocenters. The van der Waals surface area contributed by atoms with Crippen molar-refractivity contribution in [2.75, 3.05) is 13.1 Å². The van der Waals surface area contributed by atoms with E-state index in [-0.39, 0.29) is 0 Å². The second kappa shape index (κ2) is 3.62. The molecule has 4 heteroatoms. The lowest BCUT2D eigenvalue weighted by Crippen LogP contribution is -2.19. The van der Waals surface area contributed by atoms with Gasteiger partial charge in [-0.3, -0.25) is 4.90 Å². The molecule has 0 saturated carbocycles. The van der Waals surface area contributed by atoms with E-state index in [0.29, 0.717) is 0 Å². The van der Waals surface area contributed by atoms with Crippen LogP contribution in [0.3, 0.4) is 0 Å². The molecule has 2 aromatic rings. The highest BCUT2D eigenvalue weighted by molar-refractivity contribution is 5.69. The molecule has 0 unspecified atom stereocenters. The summed E-state index contributed by atoms with van der Waals surface area (Å²) in [4.78, 5) is 14.4. The van der Waals surface area contributed by atoms with E-state index in [1.165, 1.54) is 25.9 Å². The summed E-state index contributed by atoms with van der Waals surface area (Å²) in [5.41, 5.74) is 1.86. The van der Waals surface area contributed by atoms with E-state index in [1.54, 1.807) is 6.20 Å². The van der Waals surface area contributed by atoms with Crippen molar-refractivity contribution in [2.45, 2.75) is 19.4 Å². The van der Waals surface area contributed by atoms with Gasteiger partial charge in [-0.2, -0.15) is 0 Å². The van der Waals surface area contributed by atoms with E-state index in [0.717, 1.165) is 23.5 Å². The van der Waals surface area contributed by atoms with Crippen molar-refractivity contribution < 1.29 is 0 Å². The van der Waals surface area contributed by atoms with Crippen molar-refractivity contribution in [1.29, 1.82) is 0 Å². The highest BCUT2D eigenvalue weighted by atomic mass is 15.2. The first-order chi connectivity index (χ1) is 7.42. The zero-order valence-corrected chi connectivity index (χ0v) is 8.61. The van der Waals surface area contributed by atoms with Crippen LogP contribution < -0.4 is 0 Å². The number of pyridine rings is 1. The summed E-state index contributed by atoms with van der Waals surface area (Å²) >= 11 is 0. The minimum absolute atomic E-state index is 0.826. The molecular weight excluding hydrogens is 188 g/mol. The molecule has 2 aromatic heterocycles. The predicted molar refractivity (Wildman–Crippen MR) is 58.4 cm³/mol. The number of fused-ring (bicyclic) bond motifs is 1. The number of H-pyrrole nitrogens is 1. The average molecular weight is 202 g/mol. The number of imidazole rings is 1. The Morgan fingerprint density at radius 1 is 1.33 bits per heavy atom. The van der Waals surface area contributed by atoms with Gasteiger partial charge >= 0.3 is 0 Å². The van der Waals surface area contributed by atoms with Crippen molar-refractivity contribution >= 4 is 11.2 Å². The fourth-order valence-corrected chi connectivity index (χ4v) is 2.12. The number of aromatic amines is 1. The summed E-state index contributed by atoms with van der Waals surface area (Å²) in [5.74, 6) is 1.03. The van der Waals surface area contributed by atoms with E-state index in [2.05, 4.69) is 19.9 Å². The predicted octanol–water partition coefficient (Wildman–Crippen LogP) is 1.55. The number of hydrogen-bond donors (Lipinski definition) is 1. The molecule has 0 amide bonds. The van der Waals surface area contributed by atoms with Crippen LogP contribution >= 0.6 is 0 Å². The van der Waals surface area contributed by atoms with Crippen LogP contribution in [0.5, 0.6) is 0 Å². The molecular formula is C11H14N4. The summed E-state index contributed by atoms with van der Waals surface area (Å²) in [5, 5.41) is 0. The molecule has 0 bridgehead atoms. The van der Waals surface area contributed by atoms with Gasteiger partial charge in [-0.1, -0.05) is 0 Å². The maximum Gasteiger partial charge on any atom is 0.177 e. The zero-order chi connectivity index (χ0) is 10.1. The normalized spacial score (nSPS) is 17.6. The molecule has 1 aliphatic heterocycles. The molecule has 1 fully saturated rings. The van der Waals surface area contributed by atoms with Crippen molar-refractivity contribution in [3.63, 3.8) is 0 Å². The van der Waals surface area contributed by atoms with Gasteiger partial charge in [0.2, 0.25) is 0 Å². The van der Waals surface area contributed by atoms with Gasteiger partial charge in [0, 0.05) is 6.20 Å². The standard InChI is InChI=1S/C11H14N4/c1-2-7-15(6-1)8-10-13-9-4-3-5-12-11(9)14-10/h3-5H,1-2,6-8H2,(H,12,13,14). The highest BCUT2D eigenvalue weighted by Gasteiger charge is 2.13. The van der Waals surface area contributed by atoms with Crippen molar-refractivity contribution in [3.8, 4) is 0 Å². The van der Waals surface area contributed by atoms with E-state index in [9.17, 15) is 0 Å². The van der Waals surface area contributed by atoms with Gasteiger partial charge in [-0.25, -0.2) is 9.97 Å². The highest BCUT2D eigenvalue weighted by Crippen LogP contribution is 2.13. The molecule has 0 aliphatic carbocycles. The van der Waals surface area contributed by atoms with Gasteiger partial charge in [0.05, 0.1) is 12.1 Å². The Hall–Kier alpha value is -1.42. The van der Waals surface area contributed by atoms with Crippen molar-refractivity contribution in [2.24, 2.45) is 0 Å². The zero-order valence-electron chi connectivity index (χ0n) is 8.61. The molecule has 1 saturated heterocycles. The SMILES string of the molecule is c1cnc2nc(CN3CCCC3)[nH]c2c1. The van der Waals surface area contributed by atoms with Gasteiger partial charge in [0.25, 0.3) is 0 Å². The average Bonchev–Trinajstić information content (AvgIpc) is 2.86. The first kappa shape index (κ1) is 8.85. The molecule has 3 rings (SSSR count). The van der Waals surface area contributed by atoms with Crippen LogP contribution in [0, 0.1) is 0 Å². The van der Waals surface area contributed by atoms with Gasteiger partial charge in [-0.15, -0.1) is 0 Å². The second-order valence-electron chi connectivity index (χ2n) is 4.04. The van der Waals surface area contributed by atoms with Crippen molar-refractivity contribution in [3.05, 3.63) is 24.2 Å². The Labute approximate surface area is 88.3 Å². The summed E-state index contributed by atoms with van der Waals surface area (Å²) in [6, 6.07) is 3.95. The number of rotatable bonds is 2. The molecule has 4 nitrogen and oxygen atoms in total. The van der Waals surface area contributed by atoms with Crippen LogP contribution in [0.15, 0.2) is 18.3 Å². The number of nitrogens with one attached hydrogen (secondary N) is 1. The summed E-state index contributed by atoms with van der Waals surface area (Å²) in [6.45, 7) is 3.32. The molecule has 0 spiro atoms. The van der Waals surface area contributed by atoms with Crippen LogP contribution in [-0.4, -0.2) is 32.9 Å². The minimum Gasteiger partial charge on any atom is -0.340 e. The lowest BCUT2D eigenvalue weighted by molar-refractivity contribution is 0.324. The number of likely N-dealkylation sites (tertiary alicyclic amines) is 1. The quantitative estimate of drug-likeness (QED) is 0.803. The number of aromatic nitrogens is 3. The summed E-state index contributed by atoms with van der Waals surface area (Å²) in [6.07, 6.45) is 4.42. The largest absolute Gasteiger partial charge is 0.340 e. The Bertz CT molecular complexity index is 423. The van der Waals surface area contributed by atoms with Gasteiger partial charge in [0.15, 0.2) is 5.65 Å². The fourth-order valence-electron chi connectivity index (χ4n) is 2.12. The monoisotopic (exact) mass is 202 g/mol. The maximum atomic E-state index is 4.47. The molecule has 1 N–H and O–H groups in total. The smallest absolute Gasteiger partial charge is 0.177 e. The molecule has 15 heavy (non-hydrogen) atoms. The van der Waals surface area contributed by atoms with Gasteiger partial charge < -0.3 is 4.98 Å². The second-order valence-corrected chi connectivity index (χ2v) is 4.04. The Kier molecular flexibility index (Phi) is 2.14. The van der Waals surface area contributed by atoms with Gasteiger partial charge in [-0.05, 0) is 38.1 Å². The van der Waals surface area contributed by atoms with E-state index >= 15 is 0 Å². The third-order valence-electron chi connectivity index (χ3n) is 2.88. The molecule has 78 valence electrons. The Morgan fingerprint density at radius 3 is 3.00 bits per heavy atom.